The fourth-order valence-corrected chi connectivity index (χ4v) is 3.04. The number of rotatable bonds is 6. The lowest BCUT2D eigenvalue weighted by atomic mass is 9.92. The molecule has 2 rings (SSSR count). The largest absolute Gasteiger partial charge is 0.312 e. The van der Waals surface area contributed by atoms with Crippen LogP contribution in [0, 0.1) is 11.3 Å². The van der Waals surface area contributed by atoms with Gasteiger partial charge in [0.15, 0.2) is 0 Å². The molecule has 1 aromatic rings. The van der Waals surface area contributed by atoms with Crippen LogP contribution in [0.1, 0.15) is 57.4 Å². The smallest absolute Gasteiger partial charge is 0.226 e. The van der Waals surface area contributed by atoms with Crippen molar-refractivity contribution in [1.82, 2.24) is 4.90 Å². The topological polar surface area (TPSA) is 44.1 Å². The highest BCUT2D eigenvalue weighted by molar-refractivity contribution is 5.78. The molecule has 1 aromatic carbocycles. The molecule has 0 unspecified atom stereocenters. The summed E-state index contributed by atoms with van der Waals surface area (Å²) in [5, 5.41) is 8.86. The van der Waals surface area contributed by atoms with Crippen LogP contribution in [0.2, 0.25) is 0 Å². The lowest BCUT2D eigenvalue weighted by molar-refractivity contribution is -0.129. The predicted octanol–water partition coefficient (Wildman–Crippen LogP) is 4.56. The molecule has 1 amide bonds. The zero-order chi connectivity index (χ0) is 15.8. The molecular weight excluding hydrogens is 272 g/mol. The predicted molar refractivity (Wildman–Crippen MR) is 87.6 cm³/mol. The highest BCUT2D eigenvalue weighted by atomic mass is 16.2. The molecule has 0 bridgehead atoms. The minimum absolute atomic E-state index is 0.176. The fraction of sp³-hybridized carbons (Fsp3) is 0.474. The zero-order valence-corrected chi connectivity index (χ0v) is 13.3. The first-order chi connectivity index (χ1) is 10.8. The standard InChI is InChI=1S/C19H24N2O/c1-2-19(22)21(15-16-9-4-3-5-10-16)18-13-7-6-11-17(18)12-8-14-20/h3-5,9-10H,2,6-8,11-13,15H2,1H3. The first-order valence-electron chi connectivity index (χ1n) is 8.18. The Morgan fingerprint density at radius 2 is 1.95 bits per heavy atom. The van der Waals surface area contributed by atoms with Gasteiger partial charge < -0.3 is 4.90 Å². The van der Waals surface area contributed by atoms with Crippen molar-refractivity contribution < 1.29 is 4.79 Å². The normalized spacial score (nSPS) is 14.5. The highest BCUT2D eigenvalue weighted by Gasteiger charge is 2.22. The Kier molecular flexibility index (Phi) is 6.21. The summed E-state index contributed by atoms with van der Waals surface area (Å²) in [6, 6.07) is 12.4. The summed E-state index contributed by atoms with van der Waals surface area (Å²) in [6.07, 6.45) is 6.14. The van der Waals surface area contributed by atoms with Crippen LogP contribution in [0.3, 0.4) is 0 Å². The molecule has 0 spiro atoms. The molecule has 0 heterocycles. The van der Waals surface area contributed by atoms with E-state index in [2.05, 4.69) is 18.2 Å². The summed E-state index contributed by atoms with van der Waals surface area (Å²) in [4.78, 5) is 14.4. The first kappa shape index (κ1) is 16.3. The van der Waals surface area contributed by atoms with Gasteiger partial charge in [-0.3, -0.25) is 4.79 Å². The minimum atomic E-state index is 0.176. The van der Waals surface area contributed by atoms with Crippen molar-refractivity contribution in [3.05, 3.63) is 47.2 Å². The Morgan fingerprint density at radius 3 is 2.64 bits per heavy atom. The zero-order valence-electron chi connectivity index (χ0n) is 13.3. The molecule has 0 aromatic heterocycles. The van der Waals surface area contributed by atoms with E-state index in [1.807, 2.05) is 30.0 Å². The van der Waals surface area contributed by atoms with Crippen molar-refractivity contribution in [2.45, 2.75) is 58.4 Å². The van der Waals surface area contributed by atoms with Gasteiger partial charge in [-0.05, 0) is 43.2 Å². The number of benzene rings is 1. The average molecular weight is 296 g/mol. The molecule has 0 N–H and O–H groups in total. The van der Waals surface area contributed by atoms with E-state index in [0.29, 0.717) is 19.4 Å². The fourth-order valence-electron chi connectivity index (χ4n) is 3.04. The Morgan fingerprint density at radius 1 is 1.23 bits per heavy atom. The quantitative estimate of drug-likeness (QED) is 0.772. The van der Waals surface area contributed by atoms with Crippen LogP contribution < -0.4 is 0 Å². The molecule has 0 saturated heterocycles. The molecule has 1 aliphatic rings. The lowest BCUT2D eigenvalue weighted by Crippen LogP contribution is -2.31. The minimum Gasteiger partial charge on any atom is -0.312 e. The number of hydrogen-bond acceptors (Lipinski definition) is 2. The summed E-state index contributed by atoms with van der Waals surface area (Å²) in [6.45, 7) is 2.55. The molecular formula is C19H24N2O. The molecule has 0 atom stereocenters. The molecule has 3 heteroatoms. The van der Waals surface area contributed by atoms with E-state index in [-0.39, 0.29) is 5.91 Å². The third-order valence-electron chi connectivity index (χ3n) is 4.20. The Labute approximate surface area is 133 Å². The first-order valence-corrected chi connectivity index (χ1v) is 8.18. The summed E-state index contributed by atoms with van der Waals surface area (Å²) in [7, 11) is 0. The van der Waals surface area contributed by atoms with Gasteiger partial charge in [-0.1, -0.05) is 37.3 Å². The molecule has 1 aliphatic carbocycles. The van der Waals surface area contributed by atoms with E-state index in [9.17, 15) is 4.79 Å². The van der Waals surface area contributed by atoms with Gasteiger partial charge in [0, 0.05) is 18.5 Å². The van der Waals surface area contributed by atoms with Crippen LogP contribution in [0.25, 0.3) is 0 Å². The van der Waals surface area contributed by atoms with Gasteiger partial charge >= 0.3 is 0 Å². The maximum absolute atomic E-state index is 12.5. The van der Waals surface area contributed by atoms with Gasteiger partial charge in [0.05, 0.1) is 12.6 Å². The molecule has 0 radical (unpaired) electrons. The van der Waals surface area contributed by atoms with Gasteiger partial charge in [-0.2, -0.15) is 5.26 Å². The van der Waals surface area contributed by atoms with Crippen molar-refractivity contribution in [3.8, 4) is 6.07 Å². The van der Waals surface area contributed by atoms with Crippen molar-refractivity contribution >= 4 is 5.91 Å². The number of hydrogen-bond donors (Lipinski definition) is 0. The van der Waals surface area contributed by atoms with Crippen LogP contribution in [0.15, 0.2) is 41.6 Å². The van der Waals surface area contributed by atoms with E-state index >= 15 is 0 Å². The van der Waals surface area contributed by atoms with Crippen LogP contribution in [-0.4, -0.2) is 10.8 Å². The SMILES string of the molecule is CCC(=O)N(Cc1ccccc1)C1=C(CCC#N)CCCC1. The van der Waals surface area contributed by atoms with Crippen LogP contribution >= 0.6 is 0 Å². The Hall–Kier alpha value is -2.08. The van der Waals surface area contributed by atoms with Gasteiger partial charge in [0.1, 0.15) is 0 Å². The number of nitrogens with zero attached hydrogens (tertiary/aromatic N) is 2. The van der Waals surface area contributed by atoms with Gasteiger partial charge in [-0.15, -0.1) is 0 Å². The average Bonchev–Trinajstić information content (AvgIpc) is 2.58. The summed E-state index contributed by atoms with van der Waals surface area (Å²) in [5.74, 6) is 0.176. The summed E-state index contributed by atoms with van der Waals surface area (Å²) < 4.78 is 0. The van der Waals surface area contributed by atoms with E-state index in [0.717, 1.165) is 31.2 Å². The molecule has 3 nitrogen and oxygen atoms in total. The van der Waals surface area contributed by atoms with Gasteiger partial charge in [-0.25, -0.2) is 0 Å². The van der Waals surface area contributed by atoms with E-state index < -0.39 is 0 Å². The molecule has 0 fully saturated rings. The molecule has 0 saturated carbocycles. The second kappa shape index (κ2) is 8.38. The van der Waals surface area contributed by atoms with Gasteiger partial charge in [0.25, 0.3) is 0 Å². The highest BCUT2D eigenvalue weighted by Crippen LogP contribution is 2.31. The number of allylic oxidation sites excluding steroid dienone is 2. The monoisotopic (exact) mass is 296 g/mol. The van der Waals surface area contributed by atoms with E-state index in [1.54, 1.807) is 0 Å². The summed E-state index contributed by atoms with van der Waals surface area (Å²) in [5.41, 5.74) is 3.64. The van der Waals surface area contributed by atoms with Crippen molar-refractivity contribution in [1.29, 1.82) is 5.26 Å². The second-order valence-electron chi connectivity index (χ2n) is 5.73. The number of amides is 1. The maximum Gasteiger partial charge on any atom is 0.226 e. The Balaban J connectivity index is 2.28. The van der Waals surface area contributed by atoms with E-state index in [1.165, 1.54) is 17.7 Å². The van der Waals surface area contributed by atoms with Crippen molar-refractivity contribution in [2.24, 2.45) is 0 Å². The molecule has 22 heavy (non-hydrogen) atoms. The van der Waals surface area contributed by atoms with E-state index in [4.69, 9.17) is 5.26 Å². The van der Waals surface area contributed by atoms with Crippen molar-refractivity contribution in [2.75, 3.05) is 0 Å². The summed E-state index contributed by atoms with van der Waals surface area (Å²) >= 11 is 0. The Bertz CT molecular complexity index is 569. The van der Waals surface area contributed by atoms with Crippen LogP contribution in [0.4, 0.5) is 0 Å². The number of carbonyl (C=O) groups is 1. The lowest BCUT2D eigenvalue weighted by Gasteiger charge is -2.31. The number of carbonyl (C=O) groups excluding carboxylic acids is 1. The van der Waals surface area contributed by atoms with Gasteiger partial charge in [0.2, 0.25) is 5.91 Å². The number of nitriles is 1. The third kappa shape index (κ3) is 4.21. The molecule has 116 valence electrons. The maximum atomic E-state index is 12.5. The van der Waals surface area contributed by atoms with Crippen molar-refractivity contribution in [3.63, 3.8) is 0 Å². The third-order valence-corrected chi connectivity index (χ3v) is 4.20. The molecule has 0 aliphatic heterocycles. The second-order valence-corrected chi connectivity index (χ2v) is 5.73. The van der Waals surface area contributed by atoms with Crippen LogP contribution in [-0.2, 0) is 11.3 Å². The van der Waals surface area contributed by atoms with Crippen LogP contribution in [0.5, 0.6) is 0 Å².